The largest absolute Gasteiger partial charge is 0.322 e. The van der Waals surface area contributed by atoms with E-state index >= 15 is 0 Å². The van der Waals surface area contributed by atoms with E-state index in [2.05, 4.69) is 15.7 Å². The van der Waals surface area contributed by atoms with E-state index in [4.69, 9.17) is 5.84 Å². The quantitative estimate of drug-likeness (QED) is 0.594. The van der Waals surface area contributed by atoms with Crippen LogP contribution in [0.1, 0.15) is 15.9 Å². The van der Waals surface area contributed by atoms with Crippen molar-refractivity contribution in [2.45, 2.75) is 6.92 Å². The molecule has 104 valence electrons. The zero-order valence-corrected chi connectivity index (χ0v) is 10.6. The van der Waals surface area contributed by atoms with Crippen molar-refractivity contribution in [3.8, 4) is 0 Å². The standard InChI is InChI=1S/C13H12F2N4O/c1-7-4-10(15)11(5-9(7)14)18-13(20)8-2-3-17-6-12(8)19-16/h2-6,19H,16H2,1H3,(H,18,20). The first-order valence-corrected chi connectivity index (χ1v) is 5.70. The Kier molecular flexibility index (Phi) is 3.90. The molecule has 0 atom stereocenters. The SMILES string of the molecule is Cc1cc(F)c(NC(=O)c2ccncc2NN)cc1F. The minimum atomic E-state index is -0.714. The lowest BCUT2D eigenvalue weighted by Gasteiger charge is -2.10. The Morgan fingerprint density at radius 2 is 2.00 bits per heavy atom. The molecule has 2 aromatic rings. The average Bonchev–Trinajstić information content (AvgIpc) is 2.44. The van der Waals surface area contributed by atoms with E-state index in [0.29, 0.717) is 0 Å². The van der Waals surface area contributed by atoms with Gasteiger partial charge in [-0.05, 0) is 24.6 Å². The van der Waals surface area contributed by atoms with Gasteiger partial charge in [0.1, 0.15) is 11.6 Å². The third-order valence-electron chi connectivity index (χ3n) is 2.72. The van der Waals surface area contributed by atoms with Gasteiger partial charge < -0.3 is 10.7 Å². The summed E-state index contributed by atoms with van der Waals surface area (Å²) in [5.41, 5.74) is 2.67. The molecule has 0 aliphatic heterocycles. The summed E-state index contributed by atoms with van der Waals surface area (Å²) < 4.78 is 27.1. The first kappa shape index (κ1) is 13.9. The summed E-state index contributed by atoms with van der Waals surface area (Å²) in [6.07, 6.45) is 2.74. The second-order valence-electron chi connectivity index (χ2n) is 4.10. The van der Waals surface area contributed by atoms with Gasteiger partial charge in [0.25, 0.3) is 5.91 Å². The number of pyridine rings is 1. The molecule has 0 saturated heterocycles. The highest BCUT2D eigenvalue weighted by Crippen LogP contribution is 2.21. The second kappa shape index (κ2) is 5.62. The number of hydrogen-bond donors (Lipinski definition) is 3. The van der Waals surface area contributed by atoms with E-state index in [9.17, 15) is 13.6 Å². The summed E-state index contributed by atoms with van der Waals surface area (Å²) >= 11 is 0. The number of nitrogen functional groups attached to an aromatic ring is 1. The van der Waals surface area contributed by atoms with Crippen molar-refractivity contribution < 1.29 is 13.6 Å². The van der Waals surface area contributed by atoms with Gasteiger partial charge in [0.15, 0.2) is 0 Å². The van der Waals surface area contributed by atoms with Gasteiger partial charge in [-0.15, -0.1) is 0 Å². The third-order valence-corrected chi connectivity index (χ3v) is 2.72. The minimum Gasteiger partial charge on any atom is -0.322 e. The molecule has 0 bridgehead atoms. The van der Waals surface area contributed by atoms with E-state index in [1.165, 1.54) is 25.4 Å². The number of carbonyl (C=O) groups excluding carboxylic acids is 1. The molecule has 5 nitrogen and oxygen atoms in total. The Bertz CT molecular complexity index is 661. The number of anilines is 2. The number of rotatable bonds is 3. The summed E-state index contributed by atoms with van der Waals surface area (Å²) in [5, 5.41) is 2.29. The fraction of sp³-hybridized carbons (Fsp3) is 0.0769. The van der Waals surface area contributed by atoms with Gasteiger partial charge in [-0.1, -0.05) is 0 Å². The highest BCUT2D eigenvalue weighted by atomic mass is 19.1. The Balaban J connectivity index is 2.30. The maximum atomic E-state index is 13.7. The van der Waals surface area contributed by atoms with Crippen LogP contribution in [0.4, 0.5) is 20.2 Å². The van der Waals surface area contributed by atoms with Crippen LogP contribution in [0.25, 0.3) is 0 Å². The molecule has 0 spiro atoms. The van der Waals surface area contributed by atoms with Gasteiger partial charge in [0.2, 0.25) is 0 Å². The fourth-order valence-corrected chi connectivity index (χ4v) is 1.64. The van der Waals surface area contributed by atoms with Gasteiger partial charge in [0.05, 0.1) is 23.1 Å². The Morgan fingerprint density at radius 1 is 1.25 bits per heavy atom. The number of nitrogens with two attached hydrogens (primary N) is 1. The topological polar surface area (TPSA) is 80.0 Å². The van der Waals surface area contributed by atoms with Gasteiger partial charge in [-0.25, -0.2) is 8.78 Å². The maximum absolute atomic E-state index is 13.7. The normalized spacial score (nSPS) is 10.2. The molecule has 0 aliphatic carbocycles. The van der Waals surface area contributed by atoms with Crippen LogP contribution in [0.3, 0.4) is 0 Å². The van der Waals surface area contributed by atoms with Crippen LogP contribution in [-0.4, -0.2) is 10.9 Å². The number of nitrogens with zero attached hydrogens (tertiary/aromatic N) is 1. The van der Waals surface area contributed by atoms with Crippen LogP contribution in [0.5, 0.6) is 0 Å². The molecule has 1 amide bonds. The highest BCUT2D eigenvalue weighted by Gasteiger charge is 2.14. The molecular weight excluding hydrogens is 266 g/mol. The predicted octanol–water partition coefficient (Wildman–Crippen LogP) is 2.21. The second-order valence-corrected chi connectivity index (χ2v) is 4.10. The van der Waals surface area contributed by atoms with Crippen LogP contribution in [-0.2, 0) is 0 Å². The van der Waals surface area contributed by atoms with Crippen molar-refractivity contribution in [1.82, 2.24) is 4.98 Å². The number of amides is 1. The van der Waals surface area contributed by atoms with Crippen molar-refractivity contribution in [2.24, 2.45) is 5.84 Å². The highest BCUT2D eigenvalue weighted by molar-refractivity contribution is 6.07. The van der Waals surface area contributed by atoms with Crippen molar-refractivity contribution >= 4 is 17.3 Å². The molecular formula is C13H12F2N4O. The zero-order chi connectivity index (χ0) is 14.7. The van der Waals surface area contributed by atoms with Crippen LogP contribution in [0.2, 0.25) is 0 Å². The number of hydrazine groups is 1. The molecule has 7 heteroatoms. The molecule has 20 heavy (non-hydrogen) atoms. The molecule has 1 aromatic heterocycles. The van der Waals surface area contributed by atoms with Crippen molar-refractivity contribution in [3.05, 3.63) is 53.4 Å². The summed E-state index contributed by atoms with van der Waals surface area (Å²) in [6, 6.07) is 3.35. The fourth-order valence-electron chi connectivity index (χ4n) is 1.64. The minimum absolute atomic E-state index is 0.161. The van der Waals surface area contributed by atoms with Crippen molar-refractivity contribution in [2.75, 3.05) is 10.7 Å². The van der Waals surface area contributed by atoms with E-state index in [1.54, 1.807) is 0 Å². The molecule has 0 radical (unpaired) electrons. The van der Waals surface area contributed by atoms with E-state index in [0.717, 1.165) is 12.1 Å². The first-order chi connectivity index (χ1) is 9.52. The number of aromatic nitrogens is 1. The molecule has 0 saturated carbocycles. The van der Waals surface area contributed by atoms with Crippen molar-refractivity contribution in [1.29, 1.82) is 0 Å². The Labute approximate surface area is 113 Å². The summed E-state index contributed by atoms with van der Waals surface area (Å²) in [6.45, 7) is 1.43. The zero-order valence-electron chi connectivity index (χ0n) is 10.6. The molecule has 0 unspecified atom stereocenters. The predicted molar refractivity (Wildman–Crippen MR) is 71.1 cm³/mol. The summed E-state index contributed by atoms with van der Waals surface area (Å²) in [4.78, 5) is 15.8. The van der Waals surface area contributed by atoms with Crippen LogP contribution in [0.15, 0.2) is 30.6 Å². The lowest BCUT2D eigenvalue weighted by Crippen LogP contribution is -2.18. The molecule has 0 fully saturated rings. The van der Waals surface area contributed by atoms with Gasteiger partial charge >= 0.3 is 0 Å². The van der Waals surface area contributed by atoms with Crippen molar-refractivity contribution in [3.63, 3.8) is 0 Å². The Hall–Kier alpha value is -2.54. The smallest absolute Gasteiger partial charge is 0.258 e. The van der Waals surface area contributed by atoms with E-state index in [-0.39, 0.29) is 22.5 Å². The number of carbonyl (C=O) groups is 1. The number of nitrogens with one attached hydrogen (secondary N) is 2. The Morgan fingerprint density at radius 3 is 2.70 bits per heavy atom. The van der Waals surface area contributed by atoms with Gasteiger partial charge in [-0.3, -0.25) is 15.6 Å². The number of benzene rings is 1. The lowest BCUT2D eigenvalue weighted by atomic mass is 10.1. The van der Waals surface area contributed by atoms with Crippen LogP contribution in [0, 0.1) is 18.6 Å². The molecule has 1 aromatic carbocycles. The van der Waals surface area contributed by atoms with E-state index in [1.807, 2.05) is 0 Å². The van der Waals surface area contributed by atoms with Gasteiger partial charge in [0, 0.05) is 12.3 Å². The molecule has 1 heterocycles. The van der Waals surface area contributed by atoms with Crippen LogP contribution >= 0.6 is 0 Å². The first-order valence-electron chi connectivity index (χ1n) is 5.70. The molecule has 0 aliphatic rings. The number of aryl methyl sites for hydroxylation is 1. The lowest BCUT2D eigenvalue weighted by molar-refractivity contribution is 0.102. The average molecular weight is 278 g/mol. The monoisotopic (exact) mass is 278 g/mol. The number of hydrogen-bond acceptors (Lipinski definition) is 4. The molecule has 4 N–H and O–H groups in total. The molecule has 2 rings (SSSR count). The van der Waals surface area contributed by atoms with Gasteiger partial charge in [-0.2, -0.15) is 0 Å². The maximum Gasteiger partial charge on any atom is 0.258 e. The number of halogens is 2. The van der Waals surface area contributed by atoms with Crippen LogP contribution < -0.4 is 16.6 Å². The summed E-state index contributed by atoms with van der Waals surface area (Å²) in [7, 11) is 0. The third kappa shape index (κ3) is 2.72. The van der Waals surface area contributed by atoms with E-state index < -0.39 is 17.5 Å². The summed E-state index contributed by atoms with van der Waals surface area (Å²) in [5.74, 6) is 3.31.